The van der Waals surface area contributed by atoms with Gasteiger partial charge < -0.3 is 4.74 Å². The lowest BCUT2D eigenvalue weighted by molar-refractivity contribution is 0.201. The fourth-order valence-electron chi connectivity index (χ4n) is 3.03. The smallest absolute Gasteiger partial charge is 0.122 e. The molecule has 1 aromatic carbocycles. The first-order valence-corrected chi connectivity index (χ1v) is 7.12. The van der Waals surface area contributed by atoms with Crippen molar-refractivity contribution in [3.63, 3.8) is 0 Å². The van der Waals surface area contributed by atoms with E-state index in [-0.39, 0.29) is 0 Å². The van der Waals surface area contributed by atoms with E-state index >= 15 is 0 Å². The molecule has 0 heterocycles. The number of fused-ring (bicyclic) bond motifs is 1. The molecule has 1 unspecified atom stereocenters. The maximum Gasteiger partial charge on any atom is 0.122 e. The highest BCUT2D eigenvalue weighted by Gasteiger charge is 2.25. The summed E-state index contributed by atoms with van der Waals surface area (Å²) in [5.41, 5.74) is 2.81. The third-order valence-electron chi connectivity index (χ3n) is 3.96. The van der Waals surface area contributed by atoms with E-state index in [9.17, 15) is 0 Å². The largest absolute Gasteiger partial charge is 0.496 e. The molecule has 0 aliphatic heterocycles. The van der Waals surface area contributed by atoms with Crippen LogP contribution in [0.15, 0.2) is 18.2 Å². The first kappa shape index (κ1) is 14.0. The molecule has 0 fully saturated rings. The summed E-state index contributed by atoms with van der Waals surface area (Å²) in [5, 5.41) is 0. The molecule has 0 bridgehead atoms. The fraction of sp³-hybridized carbons (Fsp3) is 0.529. The molecule has 1 aromatic rings. The molecule has 1 aliphatic rings. The molecule has 1 aliphatic carbocycles. The summed E-state index contributed by atoms with van der Waals surface area (Å²) in [7, 11) is 1.75. The summed E-state index contributed by atoms with van der Waals surface area (Å²) in [4.78, 5) is 2.44. The molecule has 2 nitrogen and oxygen atoms in total. The Morgan fingerprint density at radius 2 is 2.32 bits per heavy atom. The molecule has 0 spiro atoms. The molecular formula is C17H23NO. The van der Waals surface area contributed by atoms with Gasteiger partial charge in [0.15, 0.2) is 0 Å². The van der Waals surface area contributed by atoms with Crippen molar-refractivity contribution in [2.75, 3.05) is 20.2 Å². The number of hydrogen-bond donors (Lipinski definition) is 0. The van der Waals surface area contributed by atoms with E-state index in [1.807, 2.05) is 0 Å². The topological polar surface area (TPSA) is 12.5 Å². The van der Waals surface area contributed by atoms with Crippen LogP contribution in [0.3, 0.4) is 0 Å². The van der Waals surface area contributed by atoms with Crippen molar-refractivity contribution in [3.8, 4) is 18.1 Å². The van der Waals surface area contributed by atoms with Crippen LogP contribution in [-0.2, 0) is 12.8 Å². The van der Waals surface area contributed by atoms with E-state index in [0.717, 1.165) is 38.1 Å². The number of nitrogens with zero attached hydrogens (tertiary/aromatic N) is 1. The Bertz CT molecular complexity index is 447. The summed E-state index contributed by atoms with van der Waals surface area (Å²) in [5.74, 6) is 3.82. The highest BCUT2D eigenvalue weighted by molar-refractivity contribution is 5.42. The average Bonchev–Trinajstić information content (AvgIpc) is 2.46. The summed E-state index contributed by atoms with van der Waals surface area (Å²) in [6.07, 6.45) is 10.0. The second-order valence-electron chi connectivity index (χ2n) is 5.17. The van der Waals surface area contributed by atoms with Crippen LogP contribution in [0.25, 0.3) is 0 Å². The van der Waals surface area contributed by atoms with Gasteiger partial charge in [-0.15, -0.1) is 6.42 Å². The second-order valence-corrected chi connectivity index (χ2v) is 5.17. The Hall–Kier alpha value is -1.46. The Labute approximate surface area is 116 Å². The second kappa shape index (κ2) is 6.63. The van der Waals surface area contributed by atoms with Crippen molar-refractivity contribution < 1.29 is 4.74 Å². The lowest BCUT2D eigenvalue weighted by atomic mass is 9.86. The number of ether oxygens (including phenoxy) is 1. The van der Waals surface area contributed by atoms with Crippen LogP contribution in [0.1, 0.15) is 30.9 Å². The molecule has 19 heavy (non-hydrogen) atoms. The molecule has 0 saturated carbocycles. The molecule has 0 radical (unpaired) electrons. The lowest BCUT2D eigenvalue weighted by Gasteiger charge is -2.34. The normalized spacial score (nSPS) is 17.9. The average molecular weight is 257 g/mol. The molecule has 0 aromatic heterocycles. The minimum atomic E-state index is 0.555. The third kappa shape index (κ3) is 3.11. The summed E-state index contributed by atoms with van der Waals surface area (Å²) in [6.45, 7) is 4.04. The highest BCUT2D eigenvalue weighted by Crippen LogP contribution is 2.31. The van der Waals surface area contributed by atoms with Gasteiger partial charge in [-0.1, -0.05) is 25.0 Å². The van der Waals surface area contributed by atoms with E-state index in [1.165, 1.54) is 17.5 Å². The number of benzene rings is 1. The van der Waals surface area contributed by atoms with Gasteiger partial charge in [-0.3, -0.25) is 4.90 Å². The molecule has 2 heteroatoms. The number of terminal acetylenes is 1. The molecule has 1 atom stereocenters. The monoisotopic (exact) mass is 257 g/mol. The molecule has 2 rings (SSSR count). The minimum absolute atomic E-state index is 0.555. The number of aryl methyl sites for hydroxylation is 1. The fourth-order valence-corrected chi connectivity index (χ4v) is 3.03. The van der Waals surface area contributed by atoms with Gasteiger partial charge in [-0.25, -0.2) is 0 Å². The van der Waals surface area contributed by atoms with Crippen molar-refractivity contribution in [3.05, 3.63) is 29.3 Å². The summed E-state index contributed by atoms with van der Waals surface area (Å²) in [6, 6.07) is 6.93. The molecule has 102 valence electrons. The van der Waals surface area contributed by atoms with Gasteiger partial charge in [0, 0.05) is 6.04 Å². The Morgan fingerprint density at radius 1 is 1.47 bits per heavy atom. The Morgan fingerprint density at radius 3 is 3.00 bits per heavy atom. The van der Waals surface area contributed by atoms with E-state index in [0.29, 0.717) is 6.04 Å². The van der Waals surface area contributed by atoms with Crippen LogP contribution in [-0.4, -0.2) is 31.1 Å². The van der Waals surface area contributed by atoms with Gasteiger partial charge in [-0.2, -0.15) is 0 Å². The minimum Gasteiger partial charge on any atom is -0.496 e. The zero-order valence-electron chi connectivity index (χ0n) is 12.0. The van der Waals surface area contributed by atoms with E-state index < -0.39 is 0 Å². The van der Waals surface area contributed by atoms with Gasteiger partial charge in [0.1, 0.15) is 5.75 Å². The van der Waals surface area contributed by atoms with Crippen LogP contribution in [0.2, 0.25) is 0 Å². The first-order chi connectivity index (χ1) is 9.30. The predicted molar refractivity (Wildman–Crippen MR) is 79.5 cm³/mol. The summed E-state index contributed by atoms with van der Waals surface area (Å²) >= 11 is 0. The zero-order valence-corrected chi connectivity index (χ0v) is 12.0. The van der Waals surface area contributed by atoms with Gasteiger partial charge in [0.05, 0.1) is 13.7 Å². The number of rotatable bonds is 5. The van der Waals surface area contributed by atoms with Crippen LogP contribution >= 0.6 is 0 Å². The third-order valence-corrected chi connectivity index (χ3v) is 3.96. The Kier molecular flexibility index (Phi) is 4.87. The van der Waals surface area contributed by atoms with E-state index in [1.54, 1.807) is 7.11 Å². The van der Waals surface area contributed by atoms with Crippen molar-refractivity contribution >= 4 is 0 Å². The van der Waals surface area contributed by atoms with E-state index in [4.69, 9.17) is 11.2 Å². The molecule has 0 saturated heterocycles. The van der Waals surface area contributed by atoms with Crippen molar-refractivity contribution in [2.24, 2.45) is 0 Å². The predicted octanol–water partition coefficient (Wildman–Crippen LogP) is 2.90. The van der Waals surface area contributed by atoms with Gasteiger partial charge >= 0.3 is 0 Å². The van der Waals surface area contributed by atoms with Crippen LogP contribution in [0.4, 0.5) is 0 Å². The lowest BCUT2D eigenvalue weighted by Crippen LogP contribution is -2.40. The summed E-state index contributed by atoms with van der Waals surface area (Å²) < 4.78 is 5.50. The Balaban J connectivity index is 2.18. The van der Waals surface area contributed by atoms with Crippen molar-refractivity contribution in [1.29, 1.82) is 0 Å². The maximum atomic E-state index is 5.50. The SMILES string of the molecule is C#CCN(CCC)C1CCc2cccc(OC)c2C1. The van der Waals surface area contributed by atoms with Gasteiger partial charge in [-0.05, 0) is 49.4 Å². The quantitative estimate of drug-likeness (QED) is 0.752. The van der Waals surface area contributed by atoms with Gasteiger partial charge in [0.2, 0.25) is 0 Å². The number of methoxy groups -OCH3 is 1. The molecule has 0 amide bonds. The highest BCUT2D eigenvalue weighted by atomic mass is 16.5. The van der Waals surface area contributed by atoms with Gasteiger partial charge in [0.25, 0.3) is 0 Å². The molecular weight excluding hydrogens is 234 g/mol. The van der Waals surface area contributed by atoms with Crippen LogP contribution < -0.4 is 4.74 Å². The first-order valence-electron chi connectivity index (χ1n) is 7.12. The van der Waals surface area contributed by atoms with Crippen molar-refractivity contribution in [1.82, 2.24) is 4.90 Å². The number of hydrogen-bond acceptors (Lipinski definition) is 2. The van der Waals surface area contributed by atoms with E-state index in [2.05, 4.69) is 35.9 Å². The van der Waals surface area contributed by atoms with Crippen molar-refractivity contribution in [2.45, 2.75) is 38.6 Å². The molecule has 0 N–H and O–H groups in total. The standard InChI is InChI=1S/C17H23NO/c1-4-11-18(12-5-2)15-10-9-14-7-6-8-17(19-3)16(14)13-15/h1,6-8,15H,5,9-13H2,2-3H3. The maximum absolute atomic E-state index is 5.50. The van der Waals surface area contributed by atoms with Crippen LogP contribution in [0, 0.1) is 12.3 Å². The van der Waals surface area contributed by atoms with Crippen LogP contribution in [0.5, 0.6) is 5.75 Å². The zero-order chi connectivity index (χ0) is 13.7.